The molecule has 0 saturated carbocycles. The first-order valence-corrected chi connectivity index (χ1v) is 12.4. The van der Waals surface area contributed by atoms with Crippen molar-refractivity contribution < 1.29 is 8.42 Å². The summed E-state index contributed by atoms with van der Waals surface area (Å²) in [6.45, 7) is 10.9. The van der Waals surface area contributed by atoms with Crippen LogP contribution >= 0.6 is 11.6 Å². The fraction of sp³-hybridized carbons (Fsp3) is 0.385. The van der Waals surface area contributed by atoms with Crippen LogP contribution in [0.2, 0.25) is 5.02 Å². The van der Waals surface area contributed by atoms with Crippen molar-refractivity contribution in [2.45, 2.75) is 58.8 Å². The Kier molecular flexibility index (Phi) is 8.52. The van der Waals surface area contributed by atoms with Crippen LogP contribution in [0.4, 0.5) is 0 Å². The molecule has 0 saturated heterocycles. The number of hydrogen-bond donors (Lipinski definition) is 0. The molecule has 0 amide bonds. The lowest BCUT2D eigenvalue weighted by molar-refractivity contribution is 0.377. The molecule has 0 bridgehead atoms. The van der Waals surface area contributed by atoms with Crippen LogP contribution in [0.5, 0.6) is 0 Å². The fourth-order valence-corrected chi connectivity index (χ4v) is 5.03. The molecule has 0 radical (unpaired) electrons. The number of rotatable bonds is 7. The molecule has 30 heavy (non-hydrogen) atoms. The smallest absolute Gasteiger partial charge is 0.181 e. The standard InChI is InChI=1S/C26H33ClO2S/c1-20(11-16-25-22(3)10-7-18-26(25,4)5)8-6-9-21(2)17-19-30(28,29)24-14-12-23(27)13-15-24/h6,8-9,11-17H,7,10,18-19H2,1-5H3/b9-6+,16-11+,20-8+,21-17+. The molecule has 162 valence electrons. The van der Waals surface area contributed by atoms with Crippen molar-refractivity contribution >= 4 is 21.4 Å². The van der Waals surface area contributed by atoms with E-state index in [0.717, 1.165) is 11.1 Å². The van der Waals surface area contributed by atoms with Gasteiger partial charge in [-0.25, -0.2) is 8.42 Å². The van der Waals surface area contributed by atoms with Crippen molar-refractivity contribution in [2.75, 3.05) is 5.75 Å². The number of benzene rings is 1. The van der Waals surface area contributed by atoms with Gasteiger partial charge in [-0.3, -0.25) is 0 Å². The van der Waals surface area contributed by atoms with Crippen LogP contribution < -0.4 is 0 Å². The van der Waals surface area contributed by atoms with Crippen molar-refractivity contribution in [3.05, 3.63) is 88.0 Å². The molecule has 0 unspecified atom stereocenters. The maximum Gasteiger partial charge on any atom is 0.181 e. The van der Waals surface area contributed by atoms with E-state index in [9.17, 15) is 8.42 Å². The van der Waals surface area contributed by atoms with Crippen LogP contribution in [-0.2, 0) is 9.84 Å². The summed E-state index contributed by atoms with van der Waals surface area (Å²) in [5, 5.41) is 0.526. The Balaban J connectivity index is 2.01. The van der Waals surface area contributed by atoms with Gasteiger partial charge in [0.15, 0.2) is 9.84 Å². The van der Waals surface area contributed by atoms with Gasteiger partial charge < -0.3 is 0 Å². The monoisotopic (exact) mass is 444 g/mol. The zero-order valence-corrected chi connectivity index (χ0v) is 20.3. The Morgan fingerprint density at radius 3 is 2.40 bits per heavy atom. The van der Waals surface area contributed by atoms with Crippen LogP contribution in [0.25, 0.3) is 0 Å². The number of allylic oxidation sites excluding steroid dienone is 9. The Bertz CT molecular complexity index is 1000. The van der Waals surface area contributed by atoms with Crippen molar-refractivity contribution in [2.24, 2.45) is 5.41 Å². The van der Waals surface area contributed by atoms with E-state index in [1.807, 2.05) is 25.2 Å². The van der Waals surface area contributed by atoms with Gasteiger partial charge in [0.25, 0.3) is 0 Å². The highest BCUT2D eigenvalue weighted by atomic mass is 35.5. The summed E-state index contributed by atoms with van der Waals surface area (Å²) < 4.78 is 24.8. The predicted molar refractivity (Wildman–Crippen MR) is 130 cm³/mol. The first-order chi connectivity index (χ1) is 14.0. The molecule has 0 aromatic heterocycles. The molecule has 1 aliphatic rings. The van der Waals surface area contributed by atoms with Crippen LogP contribution in [0.15, 0.2) is 87.9 Å². The topological polar surface area (TPSA) is 34.1 Å². The lowest BCUT2D eigenvalue weighted by atomic mass is 9.72. The number of halogens is 1. The average molecular weight is 445 g/mol. The average Bonchev–Trinajstić information content (AvgIpc) is 2.66. The molecule has 2 nitrogen and oxygen atoms in total. The van der Waals surface area contributed by atoms with Gasteiger partial charge in [-0.15, -0.1) is 0 Å². The van der Waals surface area contributed by atoms with Gasteiger partial charge in [-0.1, -0.05) is 78.6 Å². The van der Waals surface area contributed by atoms with E-state index in [0.29, 0.717) is 5.02 Å². The maximum atomic E-state index is 12.4. The van der Waals surface area contributed by atoms with Crippen molar-refractivity contribution in [3.8, 4) is 0 Å². The minimum absolute atomic E-state index is 0.0318. The number of sulfone groups is 1. The quantitative estimate of drug-likeness (QED) is 0.404. The summed E-state index contributed by atoms with van der Waals surface area (Å²) in [6, 6.07) is 6.27. The Morgan fingerprint density at radius 2 is 1.77 bits per heavy atom. The molecule has 0 atom stereocenters. The third-order valence-corrected chi connectivity index (χ3v) is 7.42. The molecule has 1 aromatic carbocycles. The molecule has 0 heterocycles. The van der Waals surface area contributed by atoms with Gasteiger partial charge in [0.05, 0.1) is 10.6 Å². The van der Waals surface area contributed by atoms with Crippen molar-refractivity contribution in [1.29, 1.82) is 0 Å². The highest BCUT2D eigenvalue weighted by Gasteiger charge is 2.26. The second kappa shape index (κ2) is 10.5. The van der Waals surface area contributed by atoms with Crippen LogP contribution in [-0.4, -0.2) is 14.2 Å². The molecule has 1 aromatic rings. The summed E-state index contributed by atoms with van der Waals surface area (Å²) in [4.78, 5) is 0.288. The van der Waals surface area contributed by atoms with Gasteiger partial charge in [-0.2, -0.15) is 0 Å². The molecule has 0 aliphatic heterocycles. The van der Waals surface area contributed by atoms with E-state index < -0.39 is 9.84 Å². The van der Waals surface area contributed by atoms with E-state index in [-0.39, 0.29) is 16.1 Å². The predicted octanol–water partition coefficient (Wildman–Crippen LogP) is 7.65. The highest BCUT2D eigenvalue weighted by molar-refractivity contribution is 7.91. The SMILES string of the molecule is CC1=C(/C=C/C(C)=C/C=C/C(C)=C/CS(=O)(=O)c2ccc(Cl)cc2)C(C)(C)CCC1. The lowest BCUT2D eigenvalue weighted by Gasteiger charge is -2.32. The molecular formula is C26H33ClO2S. The highest BCUT2D eigenvalue weighted by Crippen LogP contribution is 2.40. The summed E-state index contributed by atoms with van der Waals surface area (Å²) in [6.07, 6.45) is 15.8. The summed E-state index contributed by atoms with van der Waals surface area (Å²) in [7, 11) is -3.35. The van der Waals surface area contributed by atoms with Gasteiger partial charge in [0, 0.05) is 5.02 Å². The first kappa shape index (κ1) is 24.4. The summed E-state index contributed by atoms with van der Waals surface area (Å²) >= 11 is 5.83. The molecule has 1 aliphatic carbocycles. The van der Waals surface area contributed by atoms with Gasteiger partial charge >= 0.3 is 0 Å². The van der Waals surface area contributed by atoms with E-state index in [4.69, 9.17) is 11.6 Å². The Morgan fingerprint density at radius 1 is 1.10 bits per heavy atom. The minimum Gasteiger partial charge on any atom is -0.223 e. The second-order valence-electron chi connectivity index (χ2n) is 8.72. The third kappa shape index (κ3) is 7.14. The maximum absolute atomic E-state index is 12.4. The fourth-order valence-electron chi connectivity index (χ4n) is 3.68. The van der Waals surface area contributed by atoms with Crippen LogP contribution in [0, 0.1) is 5.41 Å². The zero-order valence-electron chi connectivity index (χ0n) is 18.7. The molecular weight excluding hydrogens is 412 g/mol. The van der Waals surface area contributed by atoms with Crippen molar-refractivity contribution in [1.82, 2.24) is 0 Å². The molecule has 4 heteroatoms. The molecule has 0 N–H and O–H groups in total. The van der Waals surface area contributed by atoms with Gasteiger partial charge in [0.1, 0.15) is 0 Å². The zero-order chi connectivity index (χ0) is 22.4. The van der Waals surface area contributed by atoms with E-state index in [1.165, 1.54) is 30.4 Å². The largest absolute Gasteiger partial charge is 0.223 e. The van der Waals surface area contributed by atoms with Gasteiger partial charge in [0.2, 0.25) is 0 Å². The van der Waals surface area contributed by atoms with E-state index >= 15 is 0 Å². The van der Waals surface area contributed by atoms with E-state index in [2.05, 4.69) is 39.8 Å². The Labute approximate surface area is 187 Å². The lowest BCUT2D eigenvalue weighted by Crippen LogP contribution is -2.19. The molecule has 2 rings (SSSR count). The second-order valence-corrected chi connectivity index (χ2v) is 11.2. The van der Waals surface area contributed by atoms with Crippen LogP contribution in [0.1, 0.15) is 53.9 Å². The normalized spacial score (nSPS) is 18.6. The van der Waals surface area contributed by atoms with Crippen molar-refractivity contribution in [3.63, 3.8) is 0 Å². The van der Waals surface area contributed by atoms with E-state index in [1.54, 1.807) is 30.3 Å². The third-order valence-electron chi connectivity index (χ3n) is 5.57. The summed E-state index contributed by atoms with van der Waals surface area (Å²) in [5.74, 6) is -0.0318. The Hall–Kier alpha value is -1.84. The molecule has 0 spiro atoms. The molecule has 0 fully saturated rings. The van der Waals surface area contributed by atoms with Gasteiger partial charge in [-0.05, 0) is 75.3 Å². The van der Waals surface area contributed by atoms with Crippen LogP contribution in [0.3, 0.4) is 0 Å². The summed E-state index contributed by atoms with van der Waals surface area (Å²) in [5.41, 5.74) is 5.26. The first-order valence-electron chi connectivity index (χ1n) is 10.4. The minimum atomic E-state index is -3.35. The number of hydrogen-bond acceptors (Lipinski definition) is 2.